The fourth-order valence-corrected chi connectivity index (χ4v) is 2.04. The Morgan fingerprint density at radius 1 is 1.41 bits per heavy atom. The molecule has 0 aliphatic carbocycles. The highest BCUT2D eigenvalue weighted by Crippen LogP contribution is 2.31. The van der Waals surface area contributed by atoms with Gasteiger partial charge in [0, 0.05) is 27.2 Å². The third kappa shape index (κ3) is 3.63. The van der Waals surface area contributed by atoms with Crippen molar-refractivity contribution in [2.75, 3.05) is 44.1 Å². The Morgan fingerprint density at radius 2 is 2.12 bits per heavy atom. The Morgan fingerprint density at radius 3 is 2.65 bits per heavy atom. The normalized spacial score (nSPS) is 10.4. The lowest BCUT2D eigenvalue weighted by atomic mass is 10.4. The molecular weight excluding hydrogens is 261 g/mol. The van der Waals surface area contributed by atoms with E-state index in [0.717, 1.165) is 18.9 Å². The lowest BCUT2D eigenvalue weighted by Gasteiger charge is -2.23. The van der Waals surface area contributed by atoms with Crippen LogP contribution in [0, 0.1) is 0 Å². The fourth-order valence-electron chi connectivity index (χ4n) is 1.47. The van der Waals surface area contributed by atoms with Gasteiger partial charge in [-0.15, -0.1) is 0 Å². The van der Waals surface area contributed by atoms with Crippen molar-refractivity contribution in [3.05, 3.63) is 16.1 Å². The fraction of sp³-hybridized carbons (Fsp3) is 0.545. The summed E-state index contributed by atoms with van der Waals surface area (Å²) in [5.41, 5.74) is 0. The molecule has 1 rings (SSSR count). The van der Waals surface area contributed by atoms with Crippen LogP contribution < -0.4 is 10.2 Å². The molecule has 1 aromatic rings. The molecule has 4 nitrogen and oxygen atoms in total. The van der Waals surface area contributed by atoms with Crippen molar-refractivity contribution in [3.8, 4) is 0 Å². The van der Waals surface area contributed by atoms with Crippen molar-refractivity contribution in [2.45, 2.75) is 6.92 Å². The van der Waals surface area contributed by atoms with Gasteiger partial charge in [0.15, 0.2) is 0 Å². The molecule has 0 bridgehead atoms. The Balaban J connectivity index is 3.01. The van der Waals surface area contributed by atoms with Gasteiger partial charge in [0.05, 0.1) is 16.7 Å². The molecule has 0 aliphatic heterocycles. The number of aromatic nitrogens is 1. The average Bonchev–Trinajstić information content (AvgIpc) is 2.32. The van der Waals surface area contributed by atoms with E-state index < -0.39 is 0 Å². The minimum Gasteiger partial charge on any atom is -0.383 e. The molecule has 0 saturated carbocycles. The second-order valence-electron chi connectivity index (χ2n) is 3.45. The van der Waals surface area contributed by atoms with E-state index in [1.54, 1.807) is 20.2 Å². The Labute approximate surface area is 112 Å². The lowest BCUT2D eigenvalue weighted by Crippen LogP contribution is -2.28. The summed E-state index contributed by atoms with van der Waals surface area (Å²) in [6, 6.07) is 1.70. The van der Waals surface area contributed by atoms with Crippen LogP contribution in [0.25, 0.3) is 0 Å². The van der Waals surface area contributed by atoms with E-state index in [1.807, 2.05) is 11.8 Å². The topological polar surface area (TPSA) is 37.4 Å². The second kappa shape index (κ2) is 6.89. The van der Waals surface area contributed by atoms with Gasteiger partial charge < -0.3 is 15.0 Å². The molecule has 0 aromatic carbocycles. The molecule has 0 radical (unpaired) electrons. The zero-order chi connectivity index (χ0) is 12.8. The van der Waals surface area contributed by atoms with Gasteiger partial charge in [0.25, 0.3) is 0 Å². The number of halogens is 2. The van der Waals surface area contributed by atoms with Crippen LogP contribution in [-0.4, -0.2) is 38.8 Å². The third-order valence-electron chi connectivity index (χ3n) is 2.39. The minimum atomic E-state index is 0.518. The molecule has 96 valence electrons. The van der Waals surface area contributed by atoms with Crippen LogP contribution in [0.2, 0.25) is 10.0 Å². The van der Waals surface area contributed by atoms with Crippen molar-refractivity contribution in [2.24, 2.45) is 0 Å². The first kappa shape index (κ1) is 14.4. The molecule has 6 heteroatoms. The number of ether oxygens (including phenoxy) is 1. The third-order valence-corrected chi connectivity index (χ3v) is 2.96. The maximum absolute atomic E-state index is 6.15. The van der Waals surface area contributed by atoms with Crippen LogP contribution in [0.1, 0.15) is 6.92 Å². The zero-order valence-electron chi connectivity index (χ0n) is 10.3. The first-order chi connectivity index (χ1) is 8.13. The highest BCUT2D eigenvalue weighted by atomic mass is 35.5. The molecular formula is C11H17Cl2N3O. The van der Waals surface area contributed by atoms with Crippen molar-refractivity contribution in [3.63, 3.8) is 0 Å². The first-order valence-electron chi connectivity index (χ1n) is 5.41. The van der Waals surface area contributed by atoms with Gasteiger partial charge >= 0.3 is 0 Å². The Bertz CT molecular complexity index is 374. The van der Waals surface area contributed by atoms with E-state index in [1.165, 1.54) is 0 Å². The van der Waals surface area contributed by atoms with E-state index in [4.69, 9.17) is 27.9 Å². The number of hydrogen-bond donors (Lipinski definition) is 1. The van der Waals surface area contributed by atoms with E-state index >= 15 is 0 Å². The summed E-state index contributed by atoms with van der Waals surface area (Å²) in [4.78, 5) is 6.45. The summed E-state index contributed by atoms with van der Waals surface area (Å²) < 4.78 is 5.06. The van der Waals surface area contributed by atoms with Gasteiger partial charge in [0.1, 0.15) is 11.6 Å². The van der Waals surface area contributed by atoms with Crippen LogP contribution in [0.4, 0.5) is 11.6 Å². The van der Waals surface area contributed by atoms with Crippen molar-refractivity contribution in [1.29, 1.82) is 0 Å². The van der Waals surface area contributed by atoms with Crippen molar-refractivity contribution >= 4 is 34.8 Å². The molecule has 0 amide bonds. The number of likely N-dealkylation sites (N-methyl/N-ethyl adjacent to an activating group) is 1. The molecule has 1 aromatic heterocycles. The monoisotopic (exact) mass is 277 g/mol. The molecule has 0 atom stereocenters. The van der Waals surface area contributed by atoms with E-state index in [0.29, 0.717) is 22.5 Å². The van der Waals surface area contributed by atoms with Crippen LogP contribution in [-0.2, 0) is 4.74 Å². The predicted octanol–water partition coefficient (Wildman–Crippen LogP) is 2.90. The van der Waals surface area contributed by atoms with E-state index in [2.05, 4.69) is 10.3 Å². The molecule has 0 unspecified atom stereocenters. The first-order valence-corrected chi connectivity index (χ1v) is 6.17. The summed E-state index contributed by atoms with van der Waals surface area (Å²) >= 11 is 12.2. The largest absolute Gasteiger partial charge is 0.383 e. The van der Waals surface area contributed by atoms with Crippen LogP contribution >= 0.6 is 23.2 Å². The Hall–Kier alpha value is -0.710. The number of nitrogens with zero attached hydrogens (tertiary/aromatic N) is 2. The van der Waals surface area contributed by atoms with Gasteiger partial charge in [-0.2, -0.15) is 0 Å². The molecule has 1 N–H and O–H groups in total. The number of hydrogen-bond acceptors (Lipinski definition) is 4. The van der Waals surface area contributed by atoms with Gasteiger partial charge in [-0.1, -0.05) is 23.2 Å². The number of nitrogens with one attached hydrogen (secondary N) is 1. The van der Waals surface area contributed by atoms with Crippen LogP contribution in [0.3, 0.4) is 0 Å². The number of rotatable bonds is 6. The number of anilines is 2. The second-order valence-corrected chi connectivity index (χ2v) is 4.26. The standard InChI is InChI=1S/C11H17Cl2N3O/c1-4-16(5-6-17-3)11-9(13)7-8(12)10(14-2)15-11/h7H,4-6H2,1-3H3,(H,14,15). The molecule has 0 fully saturated rings. The zero-order valence-corrected chi connectivity index (χ0v) is 11.8. The molecule has 0 spiro atoms. The van der Waals surface area contributed by atoms with Crippen molar-refractivity contribution in [1.82, 2.24) is 4.98 Å². The summed E-state index contributed by atoms with van der Waals surface area (Å²) in [7, 11) is 3.45. The van der Waals surface area contributed by atoms with Crippen LogP contribution in [0.5, 0.6) is 0 Å². The minimum absolute atomic E-state index is 0.518. The number of pyridine rings is 1. The number of methoxy groups -OCH3 is 1. The highest BCUT2D eigenvalue weighted by molar-refractivity contribution is 6.37. The maximum atomic E-state index is 6.15. The van der Waals surface area contributed by atoms with Gasteiger partial charge in [-0.05, 0) is 13.0 Å². The van der Waals surface area contributed by atoms with Crippen molar-refractivity contribution < 1.29 is 4.74 Å². The highest BCUT2D eigenvalue weighted by Gasteiger charge is 2.13. The molecule has 17 heavy (non-hydrogen) atoms. The molecule has 1 heterocycles. The quantitative estimate of drug-likeness (QED) is 0.868. The smallest absolute Gasteiger partial charge is 0.150 e. The maximum Gasteiger partial charge on any atom is 0.150 e. The van der Waals surface area contributed by atoms with Gasteiger partial charge in [-0.3, -0.25) is 0 Å². The predicted molar refractivity (Wildman–Crippen MR) is 73.6 cm³/mol. The summed E-state index contributed by atoms with van der Waals surface area (Å²) in [5, 5.41) is 4.00. The summed E-state index contributed by atoms with van der Waals surface area (Å²) in [5.74, 6) is 1.35. The van der Waals surface area contributed by atoms with Crippen LogP contribution in [0.15, 0.2) is 6.07 Å². The average molecular weight is 278 g/mol. The van der Waals surface area contributed by atoms with E-state index in [9.17, 15) is 0 Å². The SMILES string of the molecule is CCN(CCOC)c1nc(NC)c(Cl)cc1Cl. The van der Waals surface area contributed by atoms with Gasteiger partial charge in [0.2, 0.25) is 0 Å². The van der Waals surface area contributed by atoms with Gasteiger partial charge in [-0.25, -0.2) is 4.98 Å². The lowest BCUT2D eigenvalue weighted by molar-refractivity contribution is 0.205. The molecule has 0 aliphatic rings. The Kier molecular flexibility index (Phi) is 5.82. The van der Waals surface area contributed by atoms with E-state index in [-0.39, 0.29) is 0 Å². The summed E-state index contributed by atoms with van der Waals surface area (Å²) in [6.07, 6.45) is 0. The molecule has 0 saturated heterocycles. The summed E-state index contributed by atoms with van der Waals surface area (Å²) in [6.45, 7) is 4.22.